The summed E-state index contributed by atoms with van der Waals surface area (Å²) in [4.78, 5) is 23.3. The van der Waals surface area contributed by atoms with Crippen LogP contribution in [0.25, 0.3) is 0 Å². The van der Waals surface area contributed by atoms with Crippen LogP contribution in [0.15, 0.2) is 24.3 Å². The average molecular weight is 308 g/mol. The maximum Gasteiger partial charge on any atom is 0.260 e. The molecule has 0 bridgehead atoms. The van der Waals surface area contributed by atoms with Crippen molar-refractivity contribution in [3.05, 3.63) is 24.3 Å². The summed E-state index contributed by atoms with van der Waals surface area (Å²) in [6.07, 6.45) is 0.526. The third kappa shape index (κ3) is 6.47. The van der Waals surface area contributed by atoms with E-state index in [0.717, 1.165) is 12.2 Å². The number of nitrogens with one attached hydrogen (secondary N) is 2. The van der Waals surface area contributed by atoms with Crippen LogP contribution in [0.5, 0.6) is 11.5 Å². The summed E-state index contributed by atoms with van der Waals surface area (Å²) in [6.45, 7) is 4.60. The summed E-state index contributed by atoms with van der Waals surface area (Å²) in [7, 11) is 1.59. The number of carbonyl (C=O) groups is 2. The standard InChI is InChI=1S/C16H24N2O4/c1-4-10-17-15(19)9-11-18-16(20)12(2)22-14-7-5-13(21-3)6-8-14/h5-8,12H,4,9-11H2,1-3H3,(H,17,19)(H,18,20)/t12-/m1/s1. The lowest BCUT2D eigenvalue weighted by Crippen LogP contribution is -2.38. The number of methoxy groups -OCH3 is 1. The number of hydrogen-bond acceptors (Lipinski definition) is 4. The lowest BCUT2D eigenvalue weighted by Gasteiger charge is -2.15. The van der Waals surface area contributed by atoms with Crippen molar-refractivity contribution < 1.29 is 19.1 Å². The summed E-state index contributed by atoms with van der Waals surface area (Å²) in [6, 6.07) is 7.00. The molecule has 0 spiro atoms. The van der Waals surface area contributed by atoms with Gasteiger partial charge in [0.2, 0.25) is 5.91 Å². The Labute approximate surface area is 131 Å². The molecule has 0 saturated carbocycles. The third-order valence-corrected chi connectivity index (χ3v) is 2.96. The lowest BCUT2D eigenvalue weighted by molar-refractivity contribution is -0.127. The zero-order valence-electron chi connectivity index (χ0n) is 13.3. The molecule has 0 unspecified atom stereocenters. The topological polar surface area (TPSA) is 76.7 Å². The Morgan fingerprint density at radius 3 is 2.32 bits per heavy atom. The molecular weight excluding hydrogens is 284 g/mol. The first kappa shape index (κ1) is 17.8. The van der Waals surface area contributed by atoms with E-state index >= 15 is 0 Å². The minimum Gasteiger partial charge on any atom is -0.497 e. The number of ether oxygens (including phenoxy) is 2. The molecule has 0 heterocycles. The van der Waals surface area contributed by atoms with Crippen molar-refractivity contribution in [1.82, 2.24) is 10.6 Å². The van der Waals surface area contributed by atoms with E-state index in [-0.39, 0.29) is 18.2 Å². The normalized spacial score (nSPS) is 11.4. The Morgan fingerprint density at radius 1 is 1.09 bits per heavy atom. The Balaban J connectivity index is 2.30. The van der Waals surface area contributed by atoms with Crippen LogP contribution >= 0.6 is 0 Å². The van der Waals surface area contributed by atoms with Gasteiger partial charge >= 0.3 is 0 Å². The van der Waals surface area contributed by atoms with Crippen molar-refractivity contribution in [2.45, 2.75) is 32.8 Å². The van der Waals surface area contributed by atoms with Gasteiger partial charge in [0.15, 0.2) is 6.10 Å². The largest absolute Gasteiger partial charge is 0.497 e. The Morgan fingerprint density at radius 2 is 1.73 bits per heavy atom. The highest BCUT2D eigenvalue weighted by Gasteiger charge is 2.14. The van der Waals surface area contributed by atoms with Crippen LogP contribution in [0.4, 0.5) is 0 Å². The zero-order chi connectivity index (χ0) is 16.4. The van der Waals surface area contributed by atoms with E-state index in [1.54, 1.807) is 38.3 Å². The lowest BCUT2D eigenvalue weighted by atomic mass is 10.3. The summed E-state index contributed by atoms with van der Waals surface area (Å²) < 4.78 is 10.6. The molecule has 0 saturated heterocycles. The van der Waals surface area contributed by atoms with Gasteiger partial charge in [-0.3, -0.25) is 9.59 Å². The molecule has 22 heavy (non-hydrogen) atoms. The van der Waals surface area contributed by atoms with Crippen LogP contribution < -0.4 is 20.1 Å². The maximum absolute atomic E-state index is 11.9. The van der Waals surface area contributed by atoms with Crippen molar-refractivity contribution in [2.75, 3.05) is 20.2 Å². The van der Waals surface area contributed by atoms with Crippen molar-refractivity contribution in [3.63, 3.8) is 0 Å². The fourth-order valence-electron chi connectivity index (χ4n) is 1.71. The molecule has 0 aliphatic rings. The molecule has 0 aliphatic carbocycles. The van der Waals surface area contributed by atoms with Gasteiger partial charge in [-0.2, -0.15) is 0 Å². The monoisotopic (exact) mass is 308 g/mol. The van der Waals surface area contributed by atoms with E-state index in [2.05, 4.69) is 10.6 Å². The fourth-order valence-corrected chi connectivity index (χ4v) is 1.71. The van der Waals surface area contributed by atoms with Crippen LogP contribution in [-0.2, 0) is 9.59 Å². The van der Waals surface area contributed by atoms with Crippen LogP contribution in [0.1, 0.15) is 26.7 Å². The van der Waals surface area contributed by atoms with E-state index in [1.165, 1.54) is 0 Å². The second-order valence-corrected chi connectivity index (χ2v) is 4.83. The molecule has 1 rings (SSSR count). The van der Waals surface area contributed by atoms with Gasteiger partial charge in [0.1, 0.15) is 11.5 Å². The molecule has 0 fully saturated rings. The fraction of sp³-hybridized carbons (Fsp3) is 0.500. The molecule has 6 heteroatoms. The second kappa shape index (κ2) is 9.65. The van der Waals surface area contributed by atoms with E-state index in [0.29, 0.717) is 18.8 Å². The highest BCUT2D eigenvalue weighted by Crippen LogP contribution is 2.18. The van der Waals surface area contributed by atoms with Crippen molar-refractivity contribution >= 4 is 11.8 Å². The van der Waals surface area contributed by atoms with Crippen LogP contribution in [-0.4, -0.2) is 38.1 Å². The van der Waals surface area contributed by atoms with E-state index in [9.17, 15) is 9.59 Å². The minimum atomic E-state index is -0.632. The van der Waals surface area contributed by atoms with Gasteiger partial charge in [0, 0.05) is 19.5 Å². The summed E-state index contributed by atoms with van der Waals surface area (Å²) in [5.74, 6) is 0.997. The first-order chi connectivity index (χ1) is 10.6. The molecule has 0 aromatic heterocycles. The molecule has 0 radical (unpaired) electrons. The van der Waals surface area contributed by atoms with Gasteiger partial charge in [-0.25, -0.2) is 0 Å². The van der Waals surface area contributed by atoms with Gasteiger partial charge in [0.25, 0.3) is 5.91 Å². The molecule has 2 amide bonds. The molecule has 0 aliphatic heterocycles. The Kier molecular flexibility index (Phi) is 7.81. The first-order valence-corrected chi connectivity index (χ1v) is 7.42. The second-order valence-electron chi connectivity index (χ2n) is 4.83. The van der Waals surface area contributed by atoms with Gasteiger partial charge in [-0.15, -0.1) is 0 Å². The number of hydrogen-bond donors (Lipinski definition) is 2. The van der Waals surface area contributed by atoms with E-state index in [1.807, 2.05) is 6.92 Å². The van der Waals surface area contributed by atoms with Crippen LogP contribution in [0, 0.1) is 0 Å². The SMILES string of the molecule is CCCNC(=O)CCNC(=O)[C@@H](C)Oc1ccc(OC)cc1. The summed E-state index contributed by atoms with van der Waals surface area (Å²) in [5, 5.41) is 5.44. The number of carbonyl (C=O) groups excluding carboxylic acids is 2. The quantitative estimate of drug-likeness (QED) is 0.725. The minimum absolute atomic E-state index is 0.0640. The number of rotatable bonds is 9. The molecule has 6 nitrogen and oxygen atoms in total. The van der Waals surface area contributed by atoms with E-state index in [4.69, 9.17) is 9.47 Å². The van der Waals surface area contributed by atoms with Gasteiger partial charge in [-0.05, 0) is 37.6 Å². The average Bonchev–Trinajstić information content (AvgIpc) is 2.53. The van der Waals surface area contributed by atoms with Gasteiger partial charge in [0.05, 0.1) is 7.11 Å². The maximum atomic E-state index is 11.9. The molecule has 1 aromatic rings. The molecular formula is C16H24N2O4. The Hall–Kier alpha value is -2.24. The Bertz CT molecular complexity index is 474. The summed E-state index contributed by atoms with van der Waals surface area (Å²) in [5.41, 5.74) is 0. The van der Waals surface area contributed by atoms with Crippen LogP contribution in [0.2, 0.25) is 0 Å². The molecule has 2 N–H and O–H groups in total. The first-order valence-electron chi connectivity index (χ1n) is 7.42. The summed E-state index contributed by atoms with van der Waals surface area (Å²) >= 11 is 0. The predicted molar refractivity (Wildman–Crippen MR) is 84.0 cm³/mol. The third-order valence-electron chi connectivity index (χ3n) is 2.96. The van der Waals surface area contributed by atoms with Crippen LogP contribution in [0.3, 0.4) is 0 Å². The molecule has 122 valence electrons. The molecule has 1 aromatic carbocycles. The van der Waals surface area contributed by atoms with Gasteiger partial charge in [-0.1, -0.05) is 6.92 Å². The van der Waals surface area contributed by atoms with Gasteiger partial charge < -0.3 is 20.1 Å². The van der Waals surface area contributed by atoms with Crippen molar-refractivity contribution in [2.24, 2.45) is 0 Å². The highest BCUT2D eigenvalue weighted by atomic mass is 16.5. The van der Waals surface area contributed by atoms with Crippen molar-refractivity contribution in [3.8, 4) is 11.5 Å². The highest BCUT2D eigenvalue weighted by molar-refractivity contribution is 5.82. The van der Waals surface area contributed by atoms with E-state index < -0.39 is 6.10 Å². The molecule has 1 atom stereocenters. The predicted octanol–water partition coefficient (Wildman–Crippen LogP) is 1.49. The number of benzene rings is 1. The zero-order valence-corrected chi connectivity index (χ0v) is 13.3. The smallest absolute Gasteiger partial charge is 0.260 e. The van der Waals surface area contributed by atoms with Crippen molar-refractivity contribution in [1.29, 1.82) is 0 Å². The number of amides is 2.